The quantitative estimate of drug-likeness (QED) is 0.560. The highest BCUT2D eigenvalue weighted by molar-refractivity contribution is 4.63. The average molecular weight is 187 g/mol. The summed E-state index contributed by atoms with van der Waals surface area (Å²) in [6.07, 6.45) is 4.69. The van der Waals surface area contributed by atoms with Crippen LogP contribution in [0.15, 0.2) is 0 Å². The minimum Gasteiger partial charge on any atom is -0.381 e. The molecule has 0 heterocycles. The molecule has 0 rings (SSSR count). The van der Waals surface area contributed by atoms with Gasteiger partial charge >= 0.3 is 0 Å². The minimum absolute atomic E-state index is 0.650. The molecule has 2 nitrogen and oxygen atoms in total. The highest BCUT2D eigenvalue weighted by Gasteiger charge is 2.03. The average Bonchev–Trinajstić information content (AvgIpc) is 2.17. The van der Waals surface area contributed by atoms with Gasteiger partial charge in [0.05, 0.1) is 0 Å². The molecule has 0 saturated carbocycles. The van der Waals surface area contributed by atoms with E-state index in [1.165, 1.54) is 12.8 Å². The summed E-state index contributed by atoms with van der Waals surface area (Å²) in [7, 11) is 0. The highest BCUT2D eigenvalue weighted by Crippen LogP contribution is 1.98. The van der Waals surface area contributed by atoms with E-state index in [0.29, 0.717) is 6.04 Å². The van der Waals surface area contributed by atoms with E-state index in [9.17, 15) is 0 Å². The third kappa shape index (κ3) is 8.26. The fourth-order valence-corrected chi connectivity index (χ4v) is 1.27. The second kappa shape index (κ2) is 10.0. The maximum Gasteiger partial charge on any atom is 0.0480 e. The molecule has 2 heteroatoms. The fraction of sp³-hybridized carbons (Fsp3) is 1.00. The molecule has 0 amide bonds. The van der Waals surface area contributed by atoms with Crippen LogP contribution in [0.2, 0.25) is 0 Å². The lowest BCUT2D eigenvalue weighted by atomic mass is 10.1. The maximum atomic E-state index is 5.46. The van der Waals surface area contributed by atoms with Gasteiger partial charge in [0, 0.05) is 19.3 Å². The van der Waals surface area contributed by atoms with Gasteiger partial charge in [-0.15, -0.1) is 0 Å². The van der Waals surface area contributed by atoms with Gasteiger partial charge in [0.2, 0.25) is 0 Å². The van der Waals surface area contributed by atoms with Crippen molar-refractivity contribution in [3.8, 4) is 0 Å². The zero-order chi connectivity index (χ0) is 9.94. The molecule has 0 fully saturated rings. The summed E-state index contributed by atoms with van der Waals surface area (Å²) in [6.45, 7) is 9.52. The van der Waals surface area contributed by atoms with Crippen LogP contribution < -0.4 is 5.32 Å². The van der Waals surface area contributed by atoms with E-state index in [-0.39, 0.29) is 0 Å². The van der Waals surface area contributed by atoms with Gasteiger partial charge in [-0.05, 0) is 32.2 Å². The van der Waals surface area contributed by atoms with Crippen molar-refractivity contribution < 1.29 is 4.74 Å². The minimum atomic E-state index is 0.650. The Labute approximate surface area is 83.1 Å². The molecule has 0 spiro atoms. The first kappa shape index (κ1) is 12.9. The molecule has 0 aliphatic heterocycles. The van der Waals surface area contributed by atoms with Gasteiger partial charge < -0.3 is 10.1 Å². The Balaban J connectivity index is 3.25. The molecule has 0 saturated heterocycles. The molecule has 0 aromatic carbocycles. The largest absolute Gasteiger partial charge is 0.381 e. The first-order valence-electron chi connectivity index (χ1n) is 5.66. The number of nitrogens with one attached hydrogen (secondary N) is 1. The standard InChI is InChI=1S/C11H25NO/c1-4-8-12-11(6-3)7-10-13-9-5-2/h11-12H,4-10H2,1-3H3. The molecule has 0 aliphatic rings. The first-order valence-corrected chi connectivity index (χ1v) is 5.66. The van der Waals surface area contributed by atoms with Crippen molar-refractivity contribution in [3.63, 3.8) is 0 Å². The molecule has 1 atom stereocenters. The highest BCUT2D eigenvalue weighted by atomic mass is 16.5. The number of ether oxygens (including phenoxy) is 1. The SMILES string of the molecule is CCCNC(CC)CCOCCC. The first-order chi connectivity index (χ1) is 6.35. The van der Waals surface area contributed by atoms with Crippen molar-refractivity contribution >= 4 is 0 Å². The number of hydrogen-bond acceptors (Lipinski definition) is 2. The van der Waals surface area contributed by atoms with Crippen molar-refractivity contribution in [2.75, 3.05) is 19.8 Å². The molecule has 0 aromatic rings. The van der Waals surface area contributed by atoms with Crippen molar-refractivity contribution in [1.29, 1.82) is 0 Å². The predicted molar refractivity (Wildman–Crippen MR) is 58.1 cm³/mol. The lowest BCUT2D eigenvalue weighted by Crippen LogP contribution is -2.30. The molecule has 0 bridgehead atoms. The van der Waals surface area contributed by atoms with E-state index < -0.39 is 0 Å². The topological polar surface area (TPSA) is 21.3 Å². The molecule has 80 valence electrons. The van der Waals surface area contributed by atoms with Crippen LogP contribution in [-0.2, 0) is 4.74 Å². The van der Waals surface area contributed by atoms with Crippen molar-refractivity contribution in [3.05, 3.63) is 0 Å². The Morgan fingerprint density at radius 3 is 2.38 bits per heavy atom. The van der Waals surface area contributed by atoms with Gasteiger partial charge in [0.15, 0.2) is 0 Å². The Morgan fingerprint density at radius 1 is 1.08 bits per heavy atom. The molecular formula is C11H25NO. The zero-order valence-corrected chi connectivity index (χ0v) is 9.44. The van der Waals surface area contributed by atoms with Gasteiger partial charge in [-0.1, -0.05) is 20.8 Å². The third-order valence-electron chi connectivity index (χ3n) is 2.13. The van der Waals surface area contributed by atoms with Crippen LogP contribution in [0.25, 0.3) is 0 Å². The van der Waals surface area contributed by atoms with Crippen LogP contribution in [-0.4, -0.2) is 25.8 Å². The molecule has 1 N–H and O–H groups in total. The molecule has 13 heavy (non-hydrogen) atoms. The van der Waals surface area contributed by atoms with Crippen LogP contribution in [0.1, 0.15) is 46.5 Å². The van der Waals surface area contributed by atoms with E-state index in [1.807, 2.05) is 0 Å². The van der Waals surface area contributed by atoms with Crippen molar-refractivity contribution in [2.24, 2.45) is 0 Å². The maximum absolute atomic E-state index is 5.46. The summed E-state index contributed by atoms with van der Waals surface area (Å²) in [6, 6.07) is 0.650. The van der Waals surface area contributed by atoms with Crippen molar-refractivity contribution in [1.82, 2.24) is 5.32 Å². The van der Waals surface area contributed by atoms with Gasteiger partial charge in [0.1, 0.15) is 0 Å². The second-order valence-corrected chi connectivity index (χ2v) is 3.46. The molecule has 1 unspecified atom stereocenters. The monoisotopic (exact) mass is 187 g/mol. The lowest BCUT2D eigenvalue weighted by Gasteiger charge is -2.16. The summed E-state index contributed by atoms with van der Waals surface area (Å²) in [5, 5.41) is 3.52. The number of rotatable bonds is 9. The summed E-state index contributed by atoms with van der Waals surface area (Å²) < 4.78 is 5.46. The third-order valence-corrected chi connectivity index (χ3v) is 2.13. The summed E-state index contributed by atoms with van der Waals surface area (Å²) in [5.41, 5.74) is 0. The lowest BCUT2D eigenvalue weighted by molar-refractivity contribution is 0.124. The van der Waals surface area contributed by atoms with Crippen LogP contribution in [0.5, 0.6) is 0 Å². The van der Waals surface area contributed by atoms with E-state index in [0.717, 1.165) is 32.6 Å². The molecular weight excluding hydrogens is 162 g/mol. The summed E-state index contributed by atoms with van der Waals surface area (Å²) in [5.74, 6) is 0. The van der Waals surface area contributed by atoms with Crippen LogP contribution >= 0.6 is 0 Å². The summed E-state index contributed by atoms with van der Waals surface area (Å²) >= 11 is 0. The Bertz CT molecular complexity index is 96.1. The van der Waals surface area contributed by atoms with Gasteiger partial charge in [-0.25, -0.2) is 0 Å². The second-order valence-electron chi connectivity index (χ2n) is 3.46. The Hall–Kier alpha value is -0.0800. The Morgan fingerprint density at radius 2 is 1.85 bits per heavy atom. The normalized spacial score (nSPS) is 13.2. The van der Waals surface area contributed by atoms with E-state index >= 15 is 0 Å². The van der Waals surface area contributed by atoms with Gasteiger partial charge in [-0.3, -0.25) is 0 Å². The summed E-state index contributed by atoms with van der Waals surface area (Å²) in [4.78, 5) is 0. The van der Waals surface area contributed by atoms with Gasteiger partial charge in [0.25, 0.3) is 0 Å². The van der Waals surface area contributed by atoms with Crippen molar-refractivity contribution in [2.45, 2.75) is 52.5 Å². The van der Waals surface area contributed by atoms with Crippen LogP contribution in [0, 0.1) is 0 Å². The van der Waals surface area contributed by atoms with Crippen LogP contribution in [0.3, 0.4) is 0 Å². The van der Waals surface area contributed by atoms with Crippen LogP contribution in [0.4, 0.5) is 0 Å². The Kier molecular flexibility index (Phi) is 9.94. The molecule has 0 radical (unpaired) electrons. The van der Waals surface area contributed by atoms with E-state index in [2.05, 4.69) is 26.1 Å². The molecule has 0 aliphatic carbocycles. The molecule has 0 aromatic heterocycles. The smallest absolute Gasteiger partial charge is 0.0480 e. The van der Waals surface area contributed by atoms with E-state index in [1.54, 1.807) is 0 Å². The van der Waals surface area contributed by atoms with E-state index in [4.69, 9.17) is 4.74 Å². The fourth-order valence-electron chi connectivity index (χ4n) is 1.27. The predicted octanol–water partition coefficient (Wildman–Crippen LogP) is 2.58. The van der Waals surface area contributed by atoms with Gasteiger partial charge in [-0.2, -0.15) is 0 Å². The number of hydrogen-bond donors (Lipinski definition) is 1. The zero-order valence-electron chi connectivity index (χ0n) is 9.44.